The Morgan fingerprint density at radius 2 is 1.71 bits per heavy atom. The maximum Gasteiger partial charge on any atom is 0.268 e. The van der Waals surface area contributed by atoms with Crippen molar-refractivity contribution in [3.63, 3.8) is 0 Å². The molecular formula is C30H31Cl2N5O4S. The SMILES string of the molecule is O=C(CN1C(=O)[C@@H](NC(=O)[C@@H](NC(=O)c2cc(Cl)c(Cl)[nH]2)C2CCCCC2)CSc2ccccc21)Nc1ccccc1. The third-order valence-corrected chi connectivity index (χ3v) is 9.31. The molecule has 2 heterocycles. The second kappa shape index (κ2) is 13.7. The second-order valence-corrected chi connectivity index (χ2v) is 12.2. The Labute approximate surface area is 258 Å². The number of aromatic nitrogens is 1. The molecule has 3 aromatic rings. The predicted octanol–water partition coefficient (Wildman–Crippen LogP) is 5.26. The molecule has 5 rings (SSSR count). The zero-order chi connectivity index (χ0) is 29.6. The van der Waals surface area contributed by atoms with Crippen LogP contribution >= 0.6 is 35.0 Å². The van der Waals surface area contributed by atoms with Gasteiger partial charge in [0.2, 0.25) is 11.8 Å². The van der Waals surface area contributed by atoms with Gasteiger partial charge in [0.25, 0.3) is 11.8 Å². The molecule has 12 heteroatoms. The molecule has 1 aliphatic carbocycles. The molecule has 1 aromatic heterocycles. The fourth-order valence-electron chi connectivity index (χ4n) is 5.36. The minimum Gasteiger partial charge on any atom is -0.342 e. The Hall–Kier alpha value is -3.47. The lowest BCUT2D eigenvalue weighted by atomic mass is 9.83. The van der Waals surface area contributed by atoms with Crippen LogP contribution in [-0.2, 0) is 14.4 Å². The van der Waals surface area contributed by atoms with Crippen molar-refractivity contribution in [1.29, 1.82) is 0 Å². The van der Waals surface area contributed by atoms with Crippen LogP contribution in [0.4, 0.5) is 11.4 Å². The van der Waals surface area contributed by atoms with Gasteiger partial charge in [0, 0.05) is 16.3 Å². The normalized spacial score (nSPS) is 18.0. The van der Waals surface area contributed by atoms with Crippen LogP contribution in [0.2, 0.25) is 10.2 Å². The summed E-state index contributed by atoms with van der Waals surface area (Å²) in [6.07, 6.45) is 4.51. The molecule has 0 saturated heterocycles. The summed E-state index contributed by atoms with van der Waals surface area (Å²) >= 11 is 13.4. The first-order chi connectivity index (χ1) is 20.3. The lowest BCUT2D eigenvalue weighted by molar-refractivity contribution is -0.129. The number of benzene rings is 2. The molecule has 0 radical (unpaired) electrons. The Kier molecular flexibility index (Phi) is 9.76. The van der Waals surface area contributed by atoms with Crippen LogP contribution in [-0.4, -0.2) is 53.0 Å². The lowest BCUT2D eigenvalue weighted by Gasteiger charge is -2.31. The second-order valence-electron chi connectivity index (χ2n) is 10.4. The van der Waals surface area contributed by atoms with Crippen LogP contribution < -0.4 is 20.9 Å². The zero-order valence-corrected chi connectivity index (χ0v) is 25.0. The molecule has 0 bridgehead atoms. The topological polar surface area (TPSA) is 123 Å². The number of nitrogens with one attached hydrogen (secondary N) is 4. The summed E-state index contributed by atoms with van der Waals surface area (Å²) in [4.78, 5) is 58.8. The quantitative estimate of drug-likeness (QED) is 0.271. The van der Waals surface area contributed by atoms with Gasteiger partial charge in [0.15, 0.2) is 0 Å². The van der Waals surface area contributed by atoms with Gasteiger partial charge in [-0.25, -0.2) is 0 Å². The number of amides is 4. The molecule has 220 valence electrons. The largest absolute Gasteiger partial charge is 0.342 e. The number of para-hydroxylation sites is 2. The third-order valence-electron chi connectivity index (χ3n) is 7.46. The van der Waals surface area contributed by atoms with Crippen molar-refractivity contribution in [2.24, 2.45) is 5.92 Å². The molecule has 42 heavy (non-hydrogen) atoms. The molecule has 0 spiro atoms. The van der Waals surface area contributed by atoms with Crippen molar-refractivity contribution in [2.75, 3.05) is 22.5 Å². The Morgan fingerprint density at radius 1 is 1.00 bits per heavy atom. The zero-order valence-electron chi connectivity index (χ0n) is 22.7. The van der Waals surface area contributed by atoms with E-state index in [1.54, 1.807) is 24.3 Å². The molecule has 1 fully saturated rings. The van der Waals surface area contributed by atoms with Crippen LogP contribution in [0.15, 0.2) is 65.6 Å². The number of fused-ring (bicyclic) bond motifs is 1. The van der Waals surface area contributed by atoms with Crippen LogP contribution in [0.1, 0.15) is 42.6 Å². The third kappa shape index (κ3) is 7.11. The van der Waals surface area contributed by atoms with Crippen LogP contribution in [0.3, 0.4) is 0 Å². The highest BCUT2D eigenvalue weighted by Gasteiger charge is 2.37. The number of carbonyl (C=O) groups is 4. The van der Waals surface area contributed by atoms with Gasteiger partial charge in [-0.3, -0.25) is 19.2 Å². The summed E-state index contributed by atoms with van der Waals surface area (Å²) in [5, 5.41) is 8.93. The van der Waals surface area contributed by atoms with Crippen molar-refractivity contribution in [3.05, 3.63) is 76.5 Å². The fourth-order valence-corrected chi connectivity index (χ4v) is 6.74. The highest BCUT2D eigenvalue weighted by Crippen LogP contribution is 2.34. The van der Waals surface area contributed by atoms with Gasteiger partial charge in [-0.2, -0.15) is 0 Å². The van der Waals surface area contributed by atoms with Crippen molar-refractivity contribution >= 4 is 70.0 Å². The highest BCUT2D eigenvalue weighted by molar-refractivity contribution is 7.99. The first-order valence-corrected chi connectivity index (χ1v) is 15.6. The number of hydrogen-bond donors (Lipinski definition) is 4. The molecule has 9 nitrogen and oxygen atoms in total. The maximum atomic E-state index is 13.9. The number of hydrogen-bond acceptors (Lipinski definition) is 5. The standard InChI is InChI=1S/C30H31Cl2N5O4S/c31-20-15-21(34-27(20)32)28(39)36-26(18-9-3-1-4-10-18)29(40)35-22-17-42-24-14-8-7-13-23(24)37(30(22)41)16-25(38)33-19-11-5-2-6-12-19/h2,5-8,11-15,18,22,26,34H,1,3-4,9-10,16-17H2,(H,33,38)(H,35,40)(H,36,39)/t22-,26-/m0/s1. The summed E-state index contributed by atoms with van der Waals surface area (Å²) in [5.41, 5.74) is 1.36. The molecule has 2 atom stereocenters. The van der Waals surface area contributed by atoms with E-state index in [1.165, 1.54) is 22.7 Å². The van der Waals surface area contributed by atoms with Gasteiger partial charge < -0.3 is 25.8 Å². The van der Waals surface area contributed by atoms with E-state index in [0.29, 0.717) is 11.4 Å². The number of rotatable bonds is 8. The van der Waals surface area contributed by atoms with Gasteiger partial charge in [-0.05, 0) is 49.1 Å². The van der Waals surface area contributed by atoms with Gasteiger partial charge in [0.05, 0.1) is 10.7 Å². The molecule has 2 aromatic carbocycles. The first-order valence-electron chi connectivity index (χ1n) is 13.8. The monoisotopic (exact) mass is 627 g/mol. The molecule has 0 unspecified atom stereocenters. The van der Waals surface area contributed by atoms with Crippen molar-refractivity contribution in [2.45, 2.75) is 49.1 Å². The minimum atomic E-state index is -0.920. The molecule has 1 aliphatic heterocycles. The van der Waals surface area contributed by atoms with Gasteiger partial charge in [-0.15, -0.1) is 11.8 Å². The lowest BCUT2D eigenvalue weighted by Crippen LogP contribution is -2.57. The van der Waals surface area contributed by atoms with Gasteiger partial charge >= 0.3 is 0 Å². The van der Waals surface area contributed by atoms with Crippen molar-refractivity contribution in [1.82, 2.24) is 15.6 Å². The summed E-state index contributed by atoms with van der Waals surface area (Å²) in [7, 11) is 0. The summed E-state index contributed by atoms with van der Waals surface area (Å²) in [5.74, 6) is -1.55. The van der Waals surface area contributed by atoms with E-state index in [9.17, 15) is 19.2 Å². The predicted molar refractivity (Wildman–Crippen MR) is 165 cm³/mol. The number of halogens is 2. The molecule has 4 amide bonds. The number of carbonyl (C=O) groups excluding carboxylic acids is 4. The van der Waals surface area contributed by atoms with Crippen LogP contribution in [0.5, 0.6) is 0 Å². The molecular weight excluding hydrogens is 597 g/mol. The van der Waals surface area contributed by atoms with Crippen LogP contribution in [0, 0.1) is 5.92 Å². The smallest absolute Gasteiger partial charge is 0.268 e. The van der Waals surface area contributed by atoms with Crippen molar-refractivity contribution < 1.29 is 19.2 Å². The number of nitrogens with zero attached hydrogens (tertiary/aromatic N) is 1. The fraction of sp³-hybridized carbons (Fsp3) is 0.333. The van der Waals surface area contributed by atoms with E-state index in [4.69, 9.17) is 23.2 Å². The number of H-pyrrole nitrogens is 1. The first kappa shape index (κ1) is 30.0. The number of anilines is 2. The van der Waals surface area contributed by atoms with Crippen molar-refractivity contribution in [3.8, 4) is 0 Å². The average Bonchev–Trinajstić information content (AvgIpc) is 3.28. The summed E-state index contributed by atoms with van der Waals surface area (Å²) in [6.45, 7) is -0.227. The van der Waals surface area contributed by atoms with E-state index < -0.39 is 29.8 Å². The highest BCUT2D eigenvalue weighted by atomic mass is 35.5. The Bertz CT molecular complexity index is 1440. The van der Waals surface area contributed by atoms with E-state index in [0.717, 1.165) is 37.0 Å². The van der Waals surface area contributed by atoms with Crippen LogP contribution in [0.25, 0.3) is 0 Å². The van der Waals surface area contributed by atoms with Gasteiger partial charge in [0.1, 0.15) is 29.5 Å². The summed E-state index contributed by atoms with van der Waals surface area (Å²) in [6, 6.07) is 16.0. The number of thioether (sulfide) groups is 1. The van der Waals surface area contributed by atoms with E-state index in [1.807, 2.05) is 30.3 Å². The van der Waals surface area contributed by atoms with E-state index >= 15 is 0 Å². The summed E-state index contributed by atoms with van der Waals surface area (Å²) < 4.78 is 0. The van der Waals surface area contributed by atoms with E-state index in [2.05, 4.69) is 20.9 Å². The average molecular weight is 629 g/mol. The minimum absolute atomic E-state index is 0.0953. The molecule has 1 saturated carbocycles. The number of aromatic amines is 1. The Balaban J connectivity index is 1.35. The van der Waals surface area contributed by atoms with Gasteiger partial charge in [-0.1, -0.05) is 72.8 Å². The maximum absolute atomic E-state index is 13.9. The molecule has 4 N–H and O–H groups in total. The Morgan fingerprint density at radius 3 is 2.43 bits per heavy atom. The molecule has 2 aliphatic rings. The van der Waals surface area contributed by atoms with E-state index in [-0.39, 0.29) is 40.0 Å².